The summed E-state index contributed by atoms with van der Waals surface area (Å²) >= 11 is 1.84. The lowest BCUT2D eigenvalue weighted by molar-refractivity contribution is -0.128. The Morgan fingerprint density at radius 1 is 1.38 bits per heavy atom. The molecular formula is C19H27N3OS. The number of aromatic nitrogens is 2. The van der Waals surface area contributed by atoms with E-state index in [1.165, 1.54) is 23.3 Å². The van der Waals surface area contributed by atoms with Gasteiger partial charge in [-0.25, -0.2) is 4.98 Å². The van der Waals surface area contributed by atoms with Gasteiger partial charge in [-0.1, -0.05) is 12.8 Å². The number of thiophene rings is 1. The minimum atomic E-state index is 0.341. The molecule has 1 aliphatic rings. The topological polar surface area (TPSA) is 38.1 Å². The maximum Gasteiger partial charge on any atom is 0.222 e. The normalized spacial score (nSPS) is 19.2. The van der Waals surface area contributed by atoms with Crippen molar-refractivity contribution in [3.05, 3.63) is 40.6 Å². The van der Waals surface area contributed by atoms with Crippen molar-refractivity contribution in [1.82, 2.24) is 14.5 Å². The highest BCUT2D eigenvalue weighted by Gasteiger charge is 2.26. The van der Waals surface area contributed by atoms with Crippen LogP contribution in [0.2, 0.25) is 0 Å². The highest BCUT2D eigenvalue weighted by Crippen LogP contribution is 2.31. The zero-order valence-electron chi connectivity index (χ0n) is 14.6. The number of hydrogen-bond donors (Lipinski definition) is 0. The zero-order valence-corrected chi connectivity index (χ0v) is 15.5. The van der Waals surface area contributed by atoms with E-state index in [0.29, 0.717) is 18.0 Å². The first kappa shape index (κ1) is 17.2. The van der Waals surface area contributed by atoms with Gasteiger partial charge < -0.3 is 9.47 Å². The monoisotopic (exact) mass is 345 g/mol. The predicted octanol–water partition coefficient (Wildman–Crippen LogP) is 4.41. The number of rotatable bonds is 8. The van der Waals surface area contributed by atoms with E-state index in [4.69, 9.17) is 0 Å². The van der Waals surface area contributed by atoms with Crippen molar-refractivity contribution in [1.29, 1.82) is 0 Å². The largest absolute Gasteiger partial charge is 0.340 e. The third-order valence-corrected chi connectivity index (χ3v) is 6.21. The maximum absolute atomic E-state index is 11.8. The second-order valence-corrected chi connectivity index (χ2v) is 7.77. The predicted molar refractivity (Wildman–Crippen MR) is 98.3 cm³/mol. The van der Waals surface area contributed by atoms with Crippen LogP contribution in [0.5, 0.6) is 0 Å². The number of carbonyl (C=O) groups excluding carboxylic acids is 1. The summed E-state index contributed by atoms with van der Waals surface area (Å²) in [5, 5.41) is 2.18. The van der Waals surface area contributed by atoms with Crippen molar-refractivity contribution in [3.63, 3.8) is 0 Å². The Morgan fingerprint density at radius 3 is 2.88 bits per heavy atom. The molecule has 2 aromatic rings. The molecule has 5 heteroatoms. The SMILES string of the molecule is Cc1ccsc1C(CCCCCN1C(=O)CC[C@H]1C)n1ccnc1. The first-order valence-electron chi connectivity index (χ1n) is 8.97. The summed E-state index contributed by atoms with van der Waals surface area (Å²) in [5.74, 6) is 0.341. The zero-order chi connectivity index (χ0) is 16.9. The van der Waals surface area contributed by atoms with Gasteiger partial charge in [0.15, 0.2) is 0 Å². The molecule has 1 amide bonds. The summed E-state index contributed by atoms with van der Waals surface area (Å²) in [4.78, 5) is 19.5. The second kappa shape index (κ2) is 7.97. The quantitative estimate of drug-likeness (QED) is 0.665. The molecule has 1 unspecified atom stereocenters. The fourth-order valence-corrected chi connectivity index (χ4v) is 4.68. The molecule has 0 bridgehead atoms. The molecule has 1 aliphatic heterocycles. The van der Waals surface area contributed by atoms with Crippen molar-refractivity contribution in [2.75, 3.05) is 6.54 Å². The number of imidazole rings is 1. The Bertz CT molecular complexity index is 649. The van der Waals surface area contributed by atoms with Crippen molar-refractivity contribution < 1.29 is 4.79 Å². The van der Waals surface area contributed by atoms with Crippen LogP contribution in [0.25, 0.3) is 0 Å². The van der Waals surface area contributed by atoms with Gasteiger partial charge in [0.1, 0.15) is 0 Å². The fraction of sp³-hybridized carbons (Fsp3) is 0.579. The summed E-state index contributed by atoms with van der Waals surface area (Å²) < 4.78 is 2.23. The van der Waals surface area contributed by atoms with Gasteiger partial charge in [-0.2, -0.15) is 0 Å². The van der Waals surface area contributed by atoms with Crippen LogP contribution in [0, 0.1) is 6.92 Å². The van der Waals surface area contributed by atoms with Gasteiger partial charge in [-0.3, -0.25) is 4.79 Å². The lowest BCUT2D eigenvalue weighted by Crippen LogP contribution is -2.31. The van der Waals surface area contributed by atoms with E-state index in [1.807, 2.05) is 23.9 Å². The number of unbranched alkanes of at least 4 members (excludes halogenated alkanes) is 2. The molecule has 1 fully saturated rings. The summed E-state index contributed by atoms with van der Waals surface area (Å²) in [7, 11) is 0. The molecule has 3 rings (SSSR count). The third kappa shape index (κ3) is 3.89. The van der Waals surface area contributed by atoms with Gasteiger partial charge in [0.05, 0.1) is 12.4 Å². The molecule has 24 heavy (non-hydrogen) atoms. The molecule has 0 aromatic carbocycles. The number of hydrogen-bond acceptors (Lipinski definition) is 3. The van der Waals surface area contributed by atoms with E-state index in [9.17, 15) is 4.79 Å². The van der Waals surface area contributed by atoms with E-state index < -0.39 is 0 Å². The second-order valence-electron chi connectivity index (χ2n) is 6.82. The van der Waals surface area contributed by atoms with Gasteiger partial charge in [0, 0.05) is 36.3 Å². The maximum atomic E-state index is 11.8. The molecule has 0 saturated carbocycles. The van der Waals surface area contributed by atoms with E-state index >= 15 is 0 Å². The first-order chi connectivity index (χ1) is 11.7. The molecule has 130 valence electrons. The summed E-state index contributed by atoms with van der Waals surface area (Å²) in [6, 6.07) is 3.02. The van der Waals surface area contributed by atoms with E-state index in [1.54, 1.807) is 0 Å². The fourth-order valence-electron chi connectivity index (χ4n) is 3.61. The smallest absolute Gasteiger partial charge is 0.222 e. The number of carbonyl (C=O) groups is 1. The lowest BCUT2D eigenvalue weighted by Gasteiger charge is -2.22. The Morgan fingerprint density at radius 2 is 2.25 bits per heavy atom. The van der Waals surface area contributed by atoms with Gasteiger partial charge in [0.25, 0.3) is 0 Å². The van der Waals surface area contributed by atoms with Crippen molar-refractivity contribution in [2.45, 2.75) is 64.5 Å². The first-order valence-corrected chi connectivity index (χ1v) is 9.85. The number of aryl methyl sites for hydroxylation is 1. The molecule has 4 nitrogen and oxygen atoms in total. The van der Waals surface area contributed by atoms with Crippen LogP contribution < -0.4 is 0 Å². The Hall–Kier alpha value is -1.62. The summed E-state index contributed by atoms with van der Waals surface area (Å²) in [6.07, 6.45) is 12.2. The average molecular weight is 346 g/mol. The van der Waals surface area contributed by atoms with Gasteiger partial charge >= 0.3 is 0 Å². The van der Waals surface area contributed by atoms with Crippen LogP contribution in [0.4, 0.5) is 0 Å². The Kier molecular flexibility index (Phi) is 5.72. The highest BCUT2D eigenvalue weighted by molar-refractivity contribution is 7.10. The minimum absolute atomic E-state index is 0.341. The Balaban J connectivity index is 1.50. The van der Waals surface area contributed by atoms with E-state index in [-0.39, 0.29) is 0 Å². The highest BCUT2D eigenvalue weighted by atomic mass is 32.1. The van der Waals surface area contributed by atoms with Crippen LogP contribution in [-0.2, 0) is 4.79 Å². The molecule has 0 radical (unpaired) electrons. The van der Waals surface area contributed by atoms with Crippen molar-refractivity contribution in [2.24, 2.45) is 0 Å². The van der Waals surface area contributed by atoms with Gasteiger partial charge in [-0.05, 0) is 50.1 Å². The standard InChI is InChI=1S/C19H27N3OS/c1-15-9-13-24-19(15)17(21-12-10-20-14-21)6-4-3-5-11-22-16(2)7-8-18(22)23/h9-10,12-14,16-17H,3-8,11H2,1-2H3/t16-,17?/m1/s1. The van der Waals surface area contributed by atoms with Crippen molar-refractivity contribution in [3.8, 4) is 0 Å². The van der Waals surface area contributed by atoms with Crippen LogP contribution >= 0.6 is 11.3 Å². The van der Waals surface area contributed by atoms with Crippen molar-refractivity contribution >= 4 is 17.2 Å². The van der Waals surface area contributed by atoms with E-state index in [0.717, 1.165) is 32.2 Å². The van der Waals surface area contributed by atoms with Crippen LogP contribution in [0.15, 0.2) is 30.2 Å². The molecule has 2 aromatic heterocycles. The summed E-state index contributed by atoms with van der Waals surface area (Å²) in [6.45, 7) is 5.28. The van der Waals surface area contributed by atoms with Crippen LogP contribution in [0.3, 0.4) is 0 Å². The number of amides is 1. The Labute approximate surface area is 148 Å². The van der Waals surface area contributed by atoms with Crippen LogP contribution in [0.1, 0.15) is 61.9 Å². The molecule has 0 aliphatic carbocycles. The molecule has 0 N–H and O–H groups in total. The number of nitrogens with zero attached hydrogens (tertiary/aromatic N) is 3. The van der Waals surface area contributed by atoms with Gasteiger partial charge in [0.2, 0.25) is 5.91 Å². The molecule has 0 spiro atoms. The van der Waals surface area contributed by atoms with E-state index in [2.05, 4.69) is 45.9 Å². The van der Waals surface area contributed by atoms with Crippen LogP contribution in [-0.4, -0.2) is 32.9 Å². The molecule has 2 atom stereocenters. The average Bonchev–Trinajstić information content (AvgIpc) is 3.29. The summed E-state index contributed by atoms with van der Waals surface area (Å²) in [5.41, 5.74) is 1.37. The molecule has 1 saturated heterocycles. The molecule has 3 heterocycles. The molecular weight excluding hydrogens is 318 g/mol. The third-order valence-electron chi connectivity index (χ3n) is 5.09. The lowest BCUT2D eigenvalue weighted by atomic mass is 10.0. The van der Waals surface area contributed by atoms with Gasteiger partial charge in [-0.15, -0.1) is 11.3 Å². The number of likely N-dealkylation sites (tertiary alicyclic amines) is 1. The minimum Gasteiger partial charge on any atom is -0.340 e.